The lowest BCUT2D eigenvalue weighted by atomic mass is 9.82. The molecule has 0 saturated carbocycles. The first-order valence-corrected chi connectivity index (χ1v) is 5.09. The van der Waals surface area contributed by atoms with Gasteiger partial charge in [0.05, 0.1) is 0 Å². The number of benzene rings is 1. The molecule has 2 rings (SSSR count). The van der Waals surface area contributed by atoms with Crippen LogP contribution in [0.3, 0.4) is 0 Å². The van der Waals surface area contributed by atoms with Gasteiger partial charge in [-0.1, -0.05) is 24.3 Å². The van der Waals surface area contributed by atoms with Crippen molar-refractivity contribution >= 4 is 18.4 Å². The highest BCUT2D eigenvalue weighted by Gasteiger charge is 2.34. The highest BCUT2D eigenvalue weighted by atomic mass is 35.5. The molecule has 16 heavy (non-hydrogen) atoms. The van der Waals surface area contributed by atoms with Crippen LogP contribution in [0.25, 0.3) is 0 Å². The molecule has 0 saturated heterocycles. The second-order valence-corrected chi connectivity index (χ2v) is 4.52. The van der Waals surface area contributed by atoms with E-state index < -0.39 is 12.0 Å². The summed E-state index contributed by atoms with van der Waals surface area (Å²) in [6, 6.07) is 7.53. The van der Waals surface area contributed by atoms with Crippen molar-refractivity contribution in [3.8, 4) is 0 Å². The number of rotatable bonds is 1. The van der Waals surface area contributed by atoms with Crippen LogP contribution in [0, 0.1) is 0 Å². The molecule has 88 valence electrons. The molecule has 0 aromatic heterocycles. The predicted molar refractivity (Wildman–Crippen MR) is 65.0 cm³/mol. The minimum absolute atomic E-state index is 0. The number of carboxylic acids is 1. The molecule has 1 aromatic rings. The van der Waals surface area contributed by atoms with Crippen molar-refractivity contribution in [1.82, 2.24) is 5.32 Å². The number of fused-ring (bicyclic) bond motifs is 1. The van der Waals surface area contributed by atoms with Gasteiger partial charge in [-0.2, -0.15) is 0 Å². The second kappa shape index (κ2) is 4.44. The van der Waals surface area contributed by atoms with E-state index in [-0.39, 0.29) is 17.9 Å². The zero-order valence-electron chi connectivity index (χ0n) is 9.36. The fourth-order valence-corrected chi connectivity index (χ4v) is 2.24. The third kappa shape index (κ3) is 2.20. The number of carbonyl (C=O) groups is 1. The number of aliphatic carboxylic acids is 1. The molecule has 1 aromatic carbocycles. The van der Waals surface area contributed by atoms with Gasteiger partial charge in [-0.15, -0.1) is 12.4 Å². The molecule has 4 heteroatoms. The molecule has 1 aliphatic rings. The van der Waals surface area contributed by atoms with Crippen molar-refractivity contribution in [2.24, 2.45) is 0 Å². The summed E-state index contributed by atoms with van der Waals surface area (Å²) in [5, 5.41) is 12.2. The van der Waals surface area contributed by atoms with E-state index in [0.717, 1.165) is 5.56 Å². The van der Waals surface area contributed by atoms with Gasteiger partial charge in [0, 0.05) is 5.54 Å². The van der Waals surface area contributed by atoms with Crippen LogP contribution >= 0.6 is 12.4 Å². The SMILES string of the molecule is CC1(C)NC(C(=O)O)Cc2ccccc21.Cl. The summed E-state index contributed by atoms with van der Waals surface area (Å²) in [7, 11) is 0. The van der Waals surface area contributed by atoms with Crippen LogP contribution in [-0.4, -0.2) is 17.1 Å². The Bertz CT molecular complexity index is 404. The molecule has 0 amide bonds. The van der Waals surface area contributed by atoms with E-state index in [9.17, 15) is 4.79 Å². The third-order valence-electron chi connectivity index (χ3n) is 2.95. The normalized spacial score (nSPS) is 21.8. The summed E-state index contributed by atoms with van der Waals surface area (Å²) in [5.41, 5.74) is 2.06. The van der Waals surface area contributed by atoms with E-state index in [1.807, 2.05) is 32.0 Å². The molecule has 3 nitrogen and oxygen atoms in total. The Morgan fingerprint density at radius 2 is 2.06 bits per heavy atom. The van der Waals surface area contributed by atoms with Crippen molar-refractivity contribution in [1.29, 1.82) is 0 Å². The summed E-state index contributed by atoms with van der Waals surface area (Å²) in [4.78, 5) is 11.0. The van der Waals surface area contributed by atoms with Crippen molar-refractivity contribution in [3.05, 3.63) is 35.4 Å². The van der Waals surface area contributed by atoms with Crippen LogP contribution in [0.5, 0.6) is 0 Å². The Balaban J connectivity index is 0.00000128. The van der Waals surface area contributed by atoms with Crippen LogP contribution in [0.1, 0.15) is 25.0 Å². The molecule has 0 spiro atoms. The van der Waals surface area contributed by atoms with Crippen molar-refractivity contribution in [2.75, 3.05) is 0 Å². The van der Waals surface area contributed by atoms with Gasteiger partial charge in [-0.05, 0) is 31.4 Å². The standard InChI is InChI=1S/C12H15NO2.ClH/c1-12(2)9-6-4-3-5-8(9)7-10(13-12)11(14)15;/h3-6,10,13H,7H2,1-2H3,(H,14,15);1H. The molecule has 0 radical (unpaired) electrons. The van der Waals surface area contributed by atoms with E-state index in [1.54, 1.807) is 0 Å². The minimum atomic E-state index is -0.780. The van der Waals surface area contributed by atoms with E-state index >= 15 is 0 Å². The molecule has 1 unspecified atom stereocenters. The fourth-order valence-electron chi connectivity index (χ4n) is 2.24. The Hall–Kier alpha value is -1.06. The van der Waals surface area contributed by atoms with Crippen molar-refractivity contribution < 1.29 is 9.90 Å². The number of nitrogens with one attached hydrogen (secondary N) is 1. The average molecular weight is 242 g/mol. The molecule has 1 atom stereocenters. The first kappa shape index (κ1) is 13.0. The summed E-state index contributed by atoms with van der Waals surface area (Å²) in [6.45, 7) is 4.03. The van der Waals surface area contributed by atoms with Crippen molar-refractivity contribution in [3.63, 3.8) is 0 Å². The third-order valence-corrected chi connectivity index (χ3v) is 2.95. The van der Waals surface area contributed by atoms with Gasteiger partial charge in [0.1, 0.15) is 6.04 Å². The lowest BCUT2D eigenvalue weighted by Crippen LogP contribution is -2.52. The summed E-state index contributed by atoms with van der Waals surface area (Å²) in [6.07, 6.45) is 0.564. The van der Waals surface area contributed by atoms with Gasteiger partial charge in [0.15, 0.2) is 0 Å². The fraction of sp³-hybridized carbons (Fsp3) is 0.417. The summed E-state index contributed by atoms with van der Waals surface area (Å²) < 4.78 is 0. The number of hydrogen-bond acceptors (Lipinski definition) is 2. The smallest absolute Gasteiger partial charge is 0.321 e. The maximum atomic E-state index is 11.0. The molecule has 0 aliphatic carbocycles. The maximum absolute atomic E-state index is 11.0. The van der Waals surface area contributed by atoms with Gasteiger partial charge in [0.2, 0.25) is 0 Å². The van der Waals surface area contributed by atoms with Gasteiger partial charge >= 0.3 is 5.97 Å². The molecule has 1 aliphatic heterocycles. The molecule has 0 fully saturated rings. The first-order chi connectivity index (χ1) is 7.00. The molecule has 1 heterocycles. The number of halogens is 1. The van der Waals surface area contributed by atoms with Gasteiger partial charge in [0.25, 0.3) is 0 Å². The van der Waals surface area contributed by atoms with Gasteiger partial charge < -0.3 is 5.11 Å². The van der Waals surface area contributed by atoms with Crippen LogP contribution in [0.4, 0.5) is 0 Å². The highest BCUT2D eigenvalue weighted by molar-refractivity contribution is 5.85. The Morgan fingerprint density at radius 3 is 2.69 bits per heavy atom. The van der Waals surface area contributed by atoms with Crippen LogP contribution in [-0.2, 0) is 16.8 Å². The van der Waals surface area contributed by atoms with Gasteiger partial charge in [-0.25, -0.2) is 0 Å². The quantitative estimate of drug-likeness (QED) is 0.790. The largest absolute Gasteiger partial charge is 0.480 e. The number of carboxylic acid groups (broad SMARTS) is 1. The van der Waals surface area contributed by atoms with Crippen LogP contribution in [0.15, 0.2) is 24.3 Å². The highest BCUT2D eigenvalue weighted by Crippen LogP contribution is 2.29. The van der Waals surface area contributed by atoms with E-state index in [4.69, 9.17) is 5.11 Å². The lowest BCUT2D eigenvalue weighted by molar-refractivity contribution is -0.140. The minimum Gasteiger partial charge on any atom is -0.480 e. The Labute approximate surface area is 101 Å². The van der Waals surface area contributed by atoms with Crippen LogP contribution < -0.4 is 5.32 Å². The predicted octanol–water partition coefficient (Wildman–Crippen LogP) is 1.94. The monoisotopic (exact) mass is 241 g/mol. The molecule has 0 bridgehead atoms. The second-order valence-electron chi connectivity index (χ2n) is 4.52. The zero-order chi connectivity index (χ0) is 11.1. The first-order valence-electron chi connectivity index (χ1n) is 5.09. The lowest BCUT2D eigenvalue weighted by Gasteiger charge is -2.37. The summed E-state index contributed by atoms with van der Waals surface area (Å²) >= 11 is 0. The topological polar surface area (TPSA) is 49.3 Å². The Morgan fingerprint density at radius 1 is 1.44 bits per heavy atom. The van der Waals surface area contributed by atoms with E-state index in [0.29, 0.717) is 6.42 Å². The summed E-state index contributed by atoms with van der Waals surface area (Å²) in [5.74, 6) is -0.780. The van der Waals surface area contributed by atoms with E-state index in [1.165, 1.54) is 5.56 Å². The molecule has 2 N–H and O–H groups in total. The molecular formula is C12H16ClNO2. The van der Waals surface area contributed by atoms with Crippen LogP contribution in [0.2, 0.25) is 0 Å². The maximum Gasteiger partial charge on any atom is 0.321 e. The average Bonchev–Trinajstić information content (AvgIpc) is 2.16. The Kier molecular flexibility index (Phi) is 3.61. The van der Waals surface area contributed by atoms with E-state index in [2.05, 4.69) is 11.4 Å². The zero-order valence-corrected chi connectivity index (χ0v) is 10.2. The van der Waals surface area contributed by atoms with Crippen molar-refractivity contribution in [2.45, 2.75) is 31.8 Å². The molecular weight excluding hydrogens is 226 g/mol. The number of hydrogen-bond donors (Lipinski definition) is 2. The van der Waals surface area contributed by atoms with Gasteiger partial charge in [-0.3, -0.25) is 10.1 Å².